The van der Waals surface area contributed by atoms with Crippen LogP contribution in [0.5, 0.6) is 0 Å². The minimum atomic E-state index is 0.209. The van der Waals surface area contributed by atoms with E-state index < -0.39 is 0 Å². The molecule has 0 N–H and O–H groups in total. The van der Waals surface area contributed by atoms with Crippen LogP contribution in [0.15, 0.2) is 48.7 Å². The quantitative estimate of drug-likeness (QED) is 0.637. The van der Waals surface area contributed by atoms with Crippen LogP contribution in [0, 0.1) is 13.8 Å². The normalized spacial score (nSPS) is 16.8. The molecule has 0 atom stereocenters. The number of rotatable bonds is 4. The first-order chi connectivity index (χ1) is 15.6. The predicted octanol–water partition coefficient (Wildman–Crippen LogP) is 2.99. The summed E-state index contributed by atoms with van der Waals surface area (Å²) in [6.45, 7) is 8.98. The molecule has 0 spiro atoms. The van der Waals surface area contributed by atoms with Crippen LogP contribution in [-0.2, 0) is 11.2 Å². The van der Waals surface area contributed by atoms with Crippen molar-refractivity contribution < 1.29 is 4.79 Å². The van der Waals surface area contributed by atoms with E-state index in [0.717, 1.165) is 68.5 Å². The fourth-order valence-corrected chi connectivity index (χ4v) is 4.99. The number of pyridine rings is 1. The van der Waals surface area contributed by atoms with Crippen molar-refractivity contribution in [1.82, 2.24) is 19.7 Å². The number of benzene rings is 1. The van der Waals surface area contributed by atoms with E-state index in [-0.39, 0.29) is 5.91 Å². The second-order valence-corrected chi connectivity index (χ2v) is 8.66. The molecule has 0 aliphatic carbocycles. The number of nitrogens with zero attached hydrogens (tertiary/aromatic N) is 6. The Kier molecular flexibility index (Phi) is 5.66. The molecule has 0 unspecified atom stereocenters. The van der Waals surface area contributed by atoms with E-state index in [1.807, 2.05) is 33.8 Å². The van der Waals surface area contributed by atoms with Crippen LogP contribution in [0.2, 0.25) is 0 Å². The summed E-state index contributed by atoms with van der Waals surface area (Å²) < 4.78 is 1.92. The van der Waals surface area contributed by atoms with Gasteiger partial charge in [0.2, 0.25) is 5.91 Å². The average Bonchev–Trinajstić information content (AvgIpc) is 3.13. The van der Waals surface area contributed by atoms with Crippen LogP contribution < -0.4 is 9.80 Å². The molecule has 166 valence electrons. The maximum atomic E-state index is 13.1. The van der Waals surface area contributed by atoms with E-state index in [4.69, 9.17) is 5.10 Å². The monoisotopic (exact) mass is 430 g/mol. The lowest BCUT2D eigenvalue weighted by atomic mass is 10.0. The fourth-order valence-electron chi connectivity index (χ4n) is 4.99. The first kappa shape index (κ1) is 20.7. The van der Waals surface area contributed by atoms with Crippen molar-refractivity contribution in [1.29, 1.82) is 0 Å². The summed E-state index contributed by atoms with van der Waals surface area (Å²) in [6, 6.07) is 14.2. The number of piperazine rings is 1. The molecule has 5 rings (SSSR count). The van der Waals surface area contributed by atoms with E-state index in [1.165, 1.54) is 11.3 Å². The third kappa shape index (κ3) is 3.88. The van der Waals surface area contributed by atoms with Gasteiger partial charge in [-0.25, -0.2) is 9.67 Å². The lowest BCUT2D eigenvalue weighted by Gasteiger charge is -2.37. The van der Waals surface area contributed by atoms with E-state index >= 15 is 0 Å². The van der Waals surface area contributed by atoms with Crippen LogP contribution >= 0.6 is 0 Å². The Morgan fingerprint density at radius 2 is 1.75 bits per heavy atom. The van der Waals surface area contributed by atoms with Gasteiger partial charge in [-0.2, -0.15) is 5.10 Å². The first-order valence-electron chi connectivity index (χ1n) is 11.4. The average molecular weight is 431 g/mol. The fraction of sp³-hybridized carbons (Fsp3) is 0.400. The number of carbonyl (C=O) groups excluding carboxylic acids is 1. The Morgan fingerprint density at radius 1 is 0.969 bits per heavy atom. The van der Waals surface area contributed by atoms with Gasteiger partial charge in [0, 0.05) is 44.6 Å². The molecule has 2 aromatic heterocycles. The Hall–Kier alpha value is -3.19. The van der Waals surface area contributed by atoms with E-state index in [0.29, 0.717) is 6.54 Å². The Labute approximate surface area is 189 Å². The second-order valence-electron chi connectivity index (χ2n) is 8.66. The van der Waals surface area contributed by atoms with Crippen molar-refractivity contribution in [2.45, 2.75) is 26.7 Å². The van der Waals surface area contributed by atoms with Gasteiger partial charge < -0.3 is 9.80 Å². The molecule has 1 fully saturated rings. The maximum Gasteiger partial charge on any atom is 0.241 e. The highest BCUT2D eigenvalue weighted by molar-refractivity contribution is 5.96. The molecule has 32 heavy (non-hydrogen) atoms. The Bertz CT molecular complexity index is 1100. The van der Waals surface area contributed by atoms with Crippen LogP contribution in [0.1, 0.15) is 23.4 Å². The molecule has 4 heterocycles. The molecule has 1 aromatic carbocycles. The largest absolute Gasteiger partial charge is 0.366 e. The number of anilines is 2. The molecule has 0 bridgehead atoms. The number of hydrogen-bond donors (Lipinski definition) is 0. The van der Waals surface area contributed by atoms with Crippen LogP contribution in [0.3, 0.4) is 0 Å². The SMILES string of the molecule is Cc1nn(-c2ccccn2)c(C)c1N1CCN(CC(=O)N2CCCc3ccccc32)CC1. The zero-order valence-corrected chi connectivity index (χ0v) is 18.9. The standard InChI is InChI=1S/C25H30N6O/c1-19-25(20(2)31(27-19)23-11-5-6-12-26-23)29-16-14-28(15-17-29)18-24(32)30-13-7-9-21-8-3-4-10-22(21)30/h3-6,8,10-12H,7,9,13-18H2,1-2H3. The maximum absolute atomic E-state index is 13.1. The zero-order valence-electron chi connectivity index (χ0n) is 18.9. The third-order valence-corrected chi connectivity index (χ3v) is 6.58. The summed E-state index contributed by atoms with van der Waals surface area (Å²) >= 11 is 0. The van der Waals surface area contributed by atoms with E-state index in [1.54, 1.807) is 6.20 Å². The van der Waals surface area contributed by atoms with Gasteiger partial charge in [0.25, 0.3) is 0 Å². The van der Waals surface area contributed by atoms with Gasteiger partial charge in [0.1, 0.15) is 0 Å². The molecular formula is C25H30N6O. The Morgan fingerprint density at radius 3 is 2.53 bits per heavy atom. The summed E-state index contributed by atoms with van der Waals surface area (Å²) in [4.78, 5) is 24.2. The molecule has 7 heteroatoms. The van der Waals surface area contributed by atoms with Crippen LogP contribution in [0.25, 0.3) is 5.82 Å². The van der Waals surface area contributed by atoms with E-state index in [9.17, 15) is 4.79 Å². The summed E-state index contributed by atoms with van der Waals surface area (Å²) in [5.41, 5.74) is 5.69. The molecule has 0 saturated carbocycles. The second kappa shape index (κ2) is 8.74. The number of hydrogen-bond acceptors (Lipinski definition) is 5. The molecule has 3 aromatic rings. The molecule has 0 radical (unpaired) electrons. The number of amides is 1. The zero-order chi connectivity index (χ0) is 22.1. The summed E-state index contributed by atoms with van der Waals surface area (Å²) in [6.07, 6.45) is 3.89. The van der Waals surface area contributed by atoms with Crippen molar-refractivity contribution in [2.75, 3.05) is 49.1 Å². The molecule has 2 aliphatic heterocycles. The van der Waals surface area contributed by atoms with Gasteiger partial charge in [-0.3, -0.25) is 9.69 Å². The summed E-state index contributed by atoms with van der Waals surface area (Å²) in [5, 5.41) is 4.74. The summed E-state index contributed by atoms with van der Waals surface area (Å²) in [7, 11) is 0. The Balaban J connectivity index is 1.24. The van der Waals surface area contributed by atoms with Gasteiger partial charge in [0.15, 0.2) is 5.82 Å². The third-order valence-electron chi connectivity index (χ3n) is 6.58. The van der Waals surface area contributed by atoms with Crippen molar-refractivity contribution in [3.8, 4) is 5.82 Å². The van der Waals surface area contributed by atoms with Crippen LogP contribution in [-0.4, -0.2) is 64.8 Å². The van der Waals surface area contributed by atoms with E-state index in [2.05, 4.69) is 46.8 Å². The minimum Gasteiger partial charge on any atom is -0.366 e. The van der Waals surface area contributed by atoms with Gasteiger partial charge in [-0.05, 0) is 50.5 Å². The topological polar surface area (TPSA) is 57.5 Å². The highest BCUT2D eigenvalue weighted by atomic mass is 16.2. The van der Waals surface area contributed by atoms with Crippen molar-refractivity contribution in [3.63, 3.8) is 0 Å². The number of para-hydroxylation sites is 1. The molecule has 1 saturated heterocycles. The lowest BCUT2D eigenvalue weighted by Crippen LogP contribution is -2.51. The number of fused-ring (bicyclic) bond motifs is 1. The highest BCUT2D eigenvalue weighted by Gasteiger charge is 2.27. The lowest BCUT2D eigenvalue weighted by molar-refractivity contribution is -0.119. The van der Waals surface area contributed by atoms with Crippen molar-refractivity contribution in [3.05, 3.63) is 65.6 Å². The van der Waals surface area contributed by atoms with Crippen molar-refractivity contribution in [2.24, 2.45) is 0 Å². The number of aryl methyl sites for hydroxylation is 2. The van der Waals surface area contributed by atoms with Crippen molar-refractivity contribution >= 4 is 17.3 Å². The minimum absolute atomic E-state index is 0.209. The van der Waals surface area contributed by atoms with Crippen LogP contribution in [0.4, 0.5) is 11.4 Å². The molecule has 7 nitrogen and oxygen atoms in total. The first-order valence-corrected chi connectivity index (χ1v) is 11.4. The predicted molar refractivity (Wildman–Crippen MR) is 127 cm³/mol. The smallest absolute Gasteiger partial charge is 0.241 e. The number of aromatic nitrogens is 3. The van der Waals surface area contributed by atoms with Gasteiger partial charge in [-0.15, -0.1) is 0 Å². The van der Waals surface area contributed by atoms with Gasteiger partial charge in [-0.1, -0.05) is 24.3 Å². The molecule has 2 aliphatic rings. The van der Waals surface area contributed by atoms with Gasteiger partial charge >= 0.3 is 0 Å². The summed E-state index contributed by atoms with van der Waals surface area (Å²) in [5.74, 6) is 1.05. The highest BCUT2D eigenvalue weighted by Crippen LogP contribution is 2.28. The molecule has 1 amide bonds. The number of carbonyl (C=O) groups is 1. The molecular weight excluding hydrogens is 400 g/mol. The van der Waals surface area contributed by atoms with Gasteiger partial charge in [0.05, 0.1) is 23.6 Å².